The molecule has 0 atom stereocenters. The minimum absolute atomic E-state index is 0. The van der Waals surface area contributed by atoms with E-state index in [2.05, 4.69) is 0 Å². The normalized spacial score (nSPS) is 9.83. The van der Waals surface area contributed by atoms with E-state index >= 15 is 0 Å². The largest absolute Gasteiger partial charge is 0.299 e. The van der Waals surface area contributed by atoms with Crippen molar-refractivity contribution in [1.82, 2.24) is 0 Å². The molecule has 0 saturated heterocycles. The van der Waals surface area contributed by atoms with E-state index < -0.39 is 0 Å². The maximum Gasteiger partial charge on any atom is 0.142 e. The minimum atomic E-state index is -0.0160. The molecule has 12 heavy (non-hydrogen) atoms. The van der Waals surface area contributed by atoms with Gasteiger partial charge in [0.1, 0.15) is 11.6 Å². The molecule has 0 aliphatic heterocycles. The smallest absolute Gasteiger partial charge is 0.142 e. The Balaban J connectivity index is 0. The van der Waals surface area contributed by atoms with E-state index in [1.54, 1.807) is 0 Å². The summed E-state index contributed by atoms with van der Waals surface area (Å²) in [6, 6.07) is 0. The van der Waals surface area contributed by atoms with Crippen LogP contribution in [0, 0.1) is 50.0 Å². The Hall–Kier alpha value is 0.613. The van der Waals surface area contributed by atoms with Gasteiger partial charge >= 0.3 is 0 Å². The molecule has 74 valence electrons. The van der Waals surface area contributed by atoms with Gasteiger partial charge in [0.2, 0.25) is 0 Å². The predicted octanol–water partition coefficient (Wildman–Crippen LogP) is 1.83. The van der Waals surface area contributed by atoms with Gasteiger partial charge in [-0.1, -0.05) is 27.7 Å². The molecule has 0 rings (SSSR count). The topological polar surface area (TPSA) is 34.1 Å². The quantitative estimate of drug-likeness (QED) is 0.741. The molecule has 0 saturated carbocycles. The van der Waals surface area contributed by atoms with Crippen molar-refractivity contribution in [2.45, 2.75) is 34.1 Å². The molecule has 0 aliphatic rings. The van der Waals surface area contributed by atoms with Crippen molar-refractivity contribution >= 4 is 11.6 Å². The Labute approximate surface area is 105 Å². The molecule has 0 aromatic carbocycles. The first-order valence-electron chi connectivity index (χ1n) is 4.00. The molecule has 0 radical (unpaired) electrons. The Morgan fingerprint density at radius 1 is 0.917 bits per heavy atom. The Morgan fingerprint density at radius 2 is 1.17 bits per heavy atom. The van der Waals surface area contributed by atoms with Crippen LogP contribution >= 0.6 is 0 Å². The summed E-state index contributed by atoms with van der Waals surface area (Å²) in [7, 11) is 0. The molecule has 0 aromatic heterocycles. The Morgan fingerprint density at radius 3 is 1.33 bits per heavy atom. The fourth-order valence-electron chi connectivity index (χ4n) is 0.580. The molecular formula is C9H16DyO2. The van der Waals surface area contributed by atoms with E-state index in [1.165, 1.54) is 0 Å². The zero-order valence-corrected chi connectivity index (χ0v) is 10.0. The van der Waals surface area contributed by atoms with Gasteiger partial charge in [0.05, 0.1) is 6.42 Å². The fraction of sp³-hybridized carbons (Fsp3) is 0.778. The van der Waals surface area contributed by atoms with Crippen LogP contribution in [0.4, 0.5) is 0 Å². The van der Waals surface area contributed by atoms with E-state index in [0.717, 1.165) is 0 Å². The average molecular weight is 319 g/mol. The molecule has 3 heteroatoms. The molecule has 0 aromatic rings. The Kier molecular flexibility index (Phi) is 8.88. The van der Waals surface area contributed by atoms with Crippen molar-refractivity contribution in [3.63, 3.8) is 0 Å². The summed E-state index contributed by atoms with van der Waals surface area (Å²) in [6.45, 7) is 7.26. The molecule has 0 aliphatic carbocycles. The number of hydrogen-bond acceptors (Lipinski definition) is 2. The van der Waals surface area contributed by atoms with Gasteiger partial charge in [0.15, 0.2) is 0 Å². The maximum absolute atomic E-state index is 11.0. The van der Waals surface area contributed by atoms with Crippen molar-refractivity contribution in [2.24, 2.45) is 11.8 Å². The van der Waals surface area contributed by atoms with Crippen LogP contribution in [0.5, 0.6) is 0 Å². The van der Waals surface area contributed by atoms with Crippen LogP contribution in [0.15, 0.2) is 0 Å². The molecule has 0 fully saturated rings. The van der Waals surface area contributed by atoms with E-state index in [9.17, 15) is 9.59 Å². The van der Waals surface area contributed by atoms with Gasteiger partial charge in [0, 0.05) is 50.0 Å². The van der Waals surface area contributed by atoms with Gasteiger partial charge in [-0.25, -0.2) is 0 Å². The summed E-state index contributed by atoms with van der Waals surface area (Å²) < 4.78 is 0. The fourth-order valence-corrected chi connectivity index (χ4v) is 0.580. The van der Waals surface area contributed by atoms with E-state index in [1.807, 2.05) is 27.7 Å². The van der Waals surface area contributed by atoms with Crippen LogP contribution in [0.2, 0.25) is 0 Å². The summed E-state index contributed by atoms with van der Waals surface area (Å²) in [5.74, 6) is 0.0581. The first-order chi connectivity index (χ1) is 4.95. The third-order valence-electron chi connectivity index (χ3n) is 1.64. The van der Waals surface area contributed by atoms with Gasteiger partial charge in [-0.3, -0.25) is 9.59 Å². The number of ketones is 2. The second-order valence-corrected chi connectivity index (χ2v) is 3.42. The number of carbonyl (C=O) groups excluding carboxylic acids is 2. The monoisotopic (exact) mass is 320 g/mol. The Bertz CT molecular complexity index is 144. The molecule has 0 heterocycles. The molecule has 0 unspecified atom stereocenters. The third-order valence-corrected chi connectivity index (χ3v) is 1.64. The van der Waals surface area contributed by atoms with Crippen molar-refractivity contribution in [1.29, 1.82) is 0 Å². The summed E-state index contributed by atoms with van der Waals surface area (Å²) in [5, 5.41) is 0. The number of carbonyl (C=O) groups is 2. The summed E-state index contributed by atoms with van der Waals surface area (Å²) in [5.41, 5.74) is 0. The molecule has 2 nitrogen and oxygen atoms in total. The van der Waals surface area contributed by atoms with Crippen LogP contribution in [0.25, 0.3) is 0 Å². The van der Waals surface area contributed by atoms with E-state index in [-0.39, 0.29) is 68.0 Å². The SMILES string of the molecule is CC(C)C(=O)CC(=O)C(C)C.[Dy]. The van der Waals surface area contributed by atoms with Gasteiger partial charge in [0.25, 0.3) is 0 Å². The summed E-state index contributed by atoms with van der Waals surface area (Å²) >= 11 is 0. The third kappa shape index (κ3) is 6.16. The van der Waals surface area contributed by atoms with Crippen LogP contribution in [-0.4, -0.2) is 11.6 Å². The van der Waals surface area contributed by atoms with Gasteiger partial charge < -0.3 is 0 Å². The maximum atomic E-state index is 11.0. The first kappa shape index (κ1) is 15.1. The van der Waals surface area contributed by atoms with Crippen LogP contribution in [-0.2, 0) is 9.59 Å². The van der Waals surface area contributed by atoms with Crippen molar-refractivity contribution in [2.75, 3.05) is 0 Å². The molecule has 0 spiro atoms. The van der Waals surface area contributed by atoms with Crippen molar-refractivity contribution < 1.29 is 47.8 Å². The average Bonchev–Trinajstić information content (AvgIpc) is 1.87. The zero-order chi connectivity index (χ0) is 9.02. The minimum Gasteiger partial charge on any atom is -0.299 e. The van der Waals surface area contributed by atoms with E-state index in [0.29, 0.717) is 0 Å². The van der Waals surface area contributed by atoms with E-state index in [4.69, 9.17) is 0 Å². The molecule has 0 amide bonds. The first-order valence-corrected chi connectivity index (χ1v) is 4.00. The van der Waals surface area contributed by atoms with Gasteiger partial charge in [-0.15, -0.1) is 0 Å². The van der Waals surface area contributed by atoms with Crippen LogP contribution in [0.3, 0.4) is 0 Å². The van der Waals surface area contributed by atoms with Crippen molar-refractivity contribution in [3.05, 3.63) is 0 Å². The van der Waals surface area contributed by atoms with Crippen LogP contribution < -0.4 is 0 Å². The van der Waals surface area contributed by atoms with Gasteiger partial charge in [-0.05, 0) is 0 Å². The van der Waals surface area contributed by atoms with Crippen LogP contribution in [0.1, 0.15) is 34.1 Å². The summed E-state index contributed by atoms with van der Waals surface area (Å²) in [4.78, 5) is 22.1. The second kappa shape index (κ2) is 7.06. The van der Waals surface area contributed by atoms with Gasteiger partial charge in [-0.2, -0.15) is 0 Å². The van der Waals surface area contributed by atoms with Crippen molar-refractivity contribution in [3.8, 4) is 0 Å². The zero-order valence-electron chi connectivity index (χ0n) is 7.99. The number of hydrogen-bond donors (Lipinski definition) is 0. The number of Topliss-reactive ketones (excluding diaryl/α,β-unsaturated/α-hetero) is 2. The second-order valence-electron chi connectivity index (χ2n) is 3.42. The molecule has 0 N–H and O–H groups in total. The molecule has 0 bridgehead atoms. The molecular weight excluding hydrogens is 303 g/mol. The standard InChI is InChI=1S/C9H16O2.Dy/c1-6(2)8(10)5-9(11)7(3)4;/h6-7H,5H2,1-4H3;. The number of rotatable bonds is 4. The predicted molar refractivity (Wildman–Crippen MR) is 44.3 cm³/mol. The summed E-state index contributed by atoms with van der Waals surface area (Å²) in [6.07, 6.45) is 0.106.